The predicted octanol–water partition coefficient (Wildman–Crippen LogP) is 4.14. The SMILES string of the molecule is Cc1ccc(Cn2c(C)c3cnn(CC(=O)NCc4ccccc4Cl)c(=O)c3c2C)cc1. The molecule has 0 saturated carbocycles. The Morgan fingerprint density at radius 2 is 1.75 bits per heavy atom. The number of benzene rings is 2. The van der Waals surface area contributed by atoms with E-state index in [4.69, 9.17) is 11.6 Å². The van der Waals surface area contributed by atoms with Crippen LogP contribution in [0.4, 0.5) is 0 Å². The molecule has 0 unspecified atom stereocenters. The van der Waals surface area contributed by atoms with Gasteiger partial charge in [-0.2, -0.15) is 5.10 Å². The number of nitrogens with zero attached hydrogens (tertiary/aromatic N) is 3. The topological polar surface area (TPSA) is 68.9 Å². The Balaban J connectivity index is 1.57. The number of fused-ring (bicyclic) bond motifs is 1. The van der Waals surface area contributed by atoms with Crippen molar-refractivity contribution in [2.24, 2.45) is 0 Å². The normalized spacial score (nSPS) is 11.1. The van der Waals surface area contributed by atoms with Gasteiger partial charge in [-0.05, 0) is 38.0 Å². The monoisotopic (exact) mass is 448 g/mol. The van der Waals surface area contributed by atoms with Crippen molar-refractivity contribution in [2.75, 3.05) is 0 Å². The zero-order valence-electron chi connectivity index (χ0n) is 18.4. The Labute approximate surface area is 191 Å². The lowest BCUT2D eigenvalue weighted by Gasteiger charge is -2.09. The van der Waals surface area contributed by atoms with E-state index in [1.165, 1.54) is 10.2 Å². The first-order valence-corrected chi connectivity index (χ1v) is 10.8. The summed E-state index contributed by atoms with van der Waals surface area (Å²) >= 11 is 6.14. The predicted molar refractivity (Wildman–Crippen MR) is 127 cm³/mol. The van der Waals surface area contributed by atoms with Gasteiger partial charge in [0.05, 0.1) is 11.6 Å². The van der Waals surface area contributed by atoms with E-state index in [0.717, 1.165) is 27.9 Å². The number of aryl methyl sites for hydroxylation is 3. The molecule has 0 aliphatic carbocycles. The van der Waals surface area contributed by atoms with Crippen LogP contribution in [-0.4, -0.2) is 20.3 Å². The van der Waals surface area contributed by atoms with Crippen molar-refractivity contribution in [3.63, 3.8) is 0 Å². The quantitative estimate of drug-likeness (QED) is 0.482. The van der Waals surface area contributed by atoms with Gasteiger partial charge in [0, 0.05) is 34.9 Å². The highest BCUT2D eigenvalue weighted by Gasteiger charge is 2.17. The number of halogens is 1. The van der Waals surface area contributed by atoms with E-state index >= 15 is 0 Å². The Bertz CT molecular complexity index is 1350. The number of rotatable bonds is 6. The Morgan fingerprint density at radius 1 is 1.03 bits per heavy atom. The molecular formula is C25H25ClN4O2. The molecule has 2 aromatic heterocycles. The minimum atomic E-state index is -0.299. The molecule has 0 aliphatic rings. The second-order valence-corrected chi connectivity index (χ2v) is 8.41. The summed E-state index contributed by atoms with van der Waals surface area (Å²) < 4.78 is 3.34. The van der Waals surface area contributed by atoms with Gasteiger partial charge in [-0.25, -0.2) is 4.68 Å². The molecule has 4 rings (SSSR count). The summed E-state index contributed by atoms with van der Waals surface area (Å²) in [5.74, 6) is -0.299. The largest absolute Gasteiger partial charge is 0.350 e. The molecule has 0 saturated heterocycles. The van der Waals surface area contributed by atoms with Gasteiger partial charge in [-0.3, -0.25) is 9.59 Å². The van der Waals surface area contributed by atoms with Gasteiger partial charge in [0.25, 0.3) is 5.56 Å². The molecule has 32 heavy (non-hydrogen) atoms. The van der Waals surface area contributed by atoms with E-state index in [1.807, 2.05) is 32.0 Å². The molecule has 1 amide bonds. The van der Waals surface area contributed by atoms with Crippen LogP contribution >= 0.6 is 11.6 Å². The number of hydrogen-bond acceptors (Lipinski definition) is 3. The van der Waals surface area contributed by atoms with Crippen LogP contribution in [0.5, 0.6) is 0 Å². The highest BCUT2D eigenvalue weighted by molar-refractivity contribution is 6.31. The summed E-state index contributed by atoms with van der Waals surface area (Å²) in [6.07, 6.45) is 1.67. The van der Waals surface area contributed by atoms with Crippen molar-refractivity contribution >= 4 is 28.3 Å². The molecule has 0 spiro atoms. The van der Waals surface area contributed by atoms with Crippen LogP contribution in [0.1, 0.15) is 28.1 Å². The van der Waals surface area contributed by atoms with Crippen LogP contribution in [0, 0.1) is 20.8 Å². The van der Waals surface area contributed by atoms with Crippen LogP contribution in [0.15, 0.2) is 59.5 Å². The van der Waals surface area contributed by atoms with E-state index in [-0.39, 0.29) is 18.0 Å². The second-order valence-electron chi connectivity index (χ2n) is 8.01. The van der Waals surface area contributed by atoms with Crippen LogP contribution in [0.25, 0.3) is 10.8 Å². The van der Waals surface area contributed by atoms with Gasteiger partial charge in [0.15, 0.2) is 0 Å². The molecule has 0 fully saturated rings. The van der Waals surface area contributed by atoms with E-state index < -0.39 is 0 Å². The van der Waals surface area contributed by atoms with Gasteiger partial charge in [-0.15, -0.1) is 0 Å². The molecular weight excluding hydrogens is 424 g/mol. The van der Waals surface area contributed by atoms with Crippen LogP contribution in [0.2, 0.25) is 5.02 Å². The first-order valence-electron chi connectivity index (χ1n) is 10.5. The van der Waals surface area contributed by atoms with Gasteiger partial charge in [0.1, 0.15) is 6.54 Å². The number of carbonyl (C=O) groups excluding carboxylic acids is 1. The molecule has 2 heterocycles. The van der Waals surface area contributed by atoms with Crippen LogP contribution in [-0.2, 0) is 24.4 Å². The molecule has 1 N–H and O–H groups in total. The Morgan fingerprint density at radius 3 is 2.47 bits per heavy atom. The fourth-order valence-corrected chi connectivity index (χ4v) is 4.10. The molecule has 2 aromatic carbocycles. The highest BCUT2D eigenvalue weighted by atomic mass is 35.5. The minimum absolute atomic E-state index is 0.152. The number of amides is 1. The average molecular weight is 449 g/mol. The van der Waals surface area contributed by atoms with E-state index in [2.05, 4.69) is 46.2 Å². The van der Waals surface area contributed by atoms with Crippen LogP contribution < -0.4 is 10.9 Å². The second kappa shape index (κ2) is 9.01. The number of aromatic nitrogens is 3. The molecule has 164 valence electrons. The third-order valence-corrected chi connectivity index (χ3v) is 6.16. The highest BCUT2D eigenvalue weighted by Crippen LogP contribution is 2.23. The first-order chi connectivity index (χ1) is 15.3. The zero-order valence-corrected chi connectivity index (χ0v) is 19.1. The molecule has 0 bridgehead atoms. The van der Waals surface area contributed by atoms with Gasteiger partial charge < -0.3 is 9.88 Å². The third kappa shape index (κ3) is 4.32. The lowest BCUT2D eigenvalue weighted by molar-refractivity contribution is -0.122. The fourth-order valence-electron chi connectivity index (χ4n) is 3.90. The Kier molecular flexibility index (Phi) is 6.15. The summed E-state index contributed by atoms with van der Waals surface area (Å²) in [5.41, 5.74) is 4.78. The maximum absolute atomic E-state index is 13.2. The number of nitrogens with one attached hydrogen (secondary N) is 1. The molecule has 0 radical (unpaired) electrons. The van der Waals surface area contributed by atoms with Gasteiger partial charge >= 0.3 is 0 Å². The molecule has 7 heteroatoms. The van der Waals surface area contributed by atoms with Crippen molar-refractivity contribution in [3.05, 3.63) is 98.2 Å². The van der Waals surface area contributed by atoms with Crippen molar-refractivity contribution in [1.29, 1.82) is 0 Å². The first kappa shape index (κ1) is 21.8. The van der Waals surface area contributed by atoms with Crippen molar-refractivity contribution in [3.8, 4) is 0 Å². The summed E-state index contributed by atoms with van der Waals surface area (Å²) in [6, 6.07) is 15.7. The average Bonchev–Trinajstić information content (AvgIpc) is 3.01. The van der Waals surface area contributed by atoms with E-state index in [9.17, 15) is 9.59 Å². The van der Waals surface area contributed by atoms with E-state index in [0.29, 0.717) is 23.5 Å². The van der Waals surface area contributed by atoms with Gasteiger partial charge in [-0.1, -0.05) is 59.6 Å². The summed E-state index contributed by atoms with van der Waals surface area (Å²) in [5, 5.41) is 9.06. The molecule has 4 aromatic rings. The Hall–Kier alpha value is -3.38. The minimum Gasteiger partial charge on any atom is -0.350 e. The third-order valence-electron chi connectivity index (χ3n) is 5.79. The van der Waals surface area contributed by atoms with Crippen LogP contribution in [0.3, 0.4) is 0 Å². The number of hydrogen-bond donors (Lipinski definition) is 1. The van der Waals surface area contributed by atoms with Gasteiger partial charge in [0.2, 0.25) is 5.91 Å². The maximum Gasteiger partial charge on any atom is 0.276 e. The molecule has 0 aliphatic heterocycles. The standard InChI is InChI=1S/C25H25ClN4O2/c1-16-8-10-19(11-9-16)14-29-17(2)21-13-28-30(25(32)24(21)18(29)3)15-23(31)27-12-20-6-4-5-7-22(20)26/h4-11,13H,12,14-15H2,1-3H3,(H,27,31). The molecule has 6 nitrogen and oxygen atoms in total. The fraction of sp³-hybridized carbons (Fsp3) is 0.240. The van der Waals surface area contributed by atoms with Crippen molar-refractivity contribution in [1.82, 2.24) is 19.7 Å². The zero-order chi connectivity index (χ0) is 22.8. The maximum atomic E-state index is 13.2. The van der Waals surface area contributed by atoms with Crippen molar-refractivity contribution in [2.45, 2.75) is 40.4 Å². The molecule has 0 atom stereocenters. The van der Waals surface area contributed by atoms with E-state index in [1.54, 1.807) is 12.3 Å². The lowest BCUT2D eigenvalue weighted by atomic mass is 10.1. The lowest BCUT2D eigenvalue weighted by Crippen LogP contribution is -2.33. The number of carbonyl (C=O) groups is 1. The summed E-state index contributed by atoms with van der Waals surface area (Å²) in [7, 11) is 0. The summed E-state index contributed by atoms with van der Waals surface area (Å²) in [6.45, 7) is 6.80. The smallest absolute Gasteiger partial charge is 0.276 e. The summed E-state index contributed by atoms with van der Waals surface area (Å²) in [4.78, 5) is 25.6. The van der Waals surface area contributed by atoms with Crippen molar-refractivity contribution < 1.29 is 4.79 Å².